The van der Waals surface area contributed by atoms with E-state index in [-0.39, 0.29) is 28.0 Å². The van der Waals surface area contributed by atoms with Gasteiger partial charge in [0.2, 0.25) is 12.0 Å². The number of fused-ring (bicyclic) bond motifs is 1. The van der Waals surface area contributed by atoms with E-state index in [1.165, 1.54) is 13.0 Å². The molecule has 4 heterocycles. The number of rotatable bonds is 8. The van der Waals surface area contributed by atoms with Crippen molar-refractivity contribution in [2.45, 2.75) is 92.9 Å². The van der Waals surface area contributed by atoms with Gasteiger partial charge in [0, 0.05) is 24.3 Å². The lowest BCUT2D eigenvalue weighted by Gasteiger charge is -2.45. The molecule has 0 amide bonds. The van der Waals surface area contributed by atoms with Crippen molar-refractivity contribution in [3.05, 3.63) is 30.3 Å². The van der Waals surface area contributed by atoms with Gasteiger partial charge in [0.25, 0.3) is 0 Å². The lowest BCUT2D eigenvalue weighted by molar-refractivity contribution is -0.352. The van der Waals surface area contributed by atoms with Crippen LogP contribution in [0.15, 0.2) is 34.7 Å². The molecule has 0 radical (unpaired) electrons. The van der Waals surface area contributed by atoms with Gasteiger partial charge in [-0.25, -0.2) is 4.42 Å². The van der Waals surface area contributed by atoms with E-state index >= 15 is 0 Å². The van der Waals surface area contributed by atoms with Gasteiger partial charge in [-0.05, 0) is 6.92 Å². The van der Waals surface area contributed by atoms with Gasteiger partial charge in [0.15, 0.2) is 35.9 Å². The molecule has 20 nitrogen and oxygen atoms in total. The second kappa shape index (κ2) is 14.9. The number of phenols is 5. The maximum Gasteiger partial charge on any atom is 0.402 e. The largest absolute Gasteiger partial charge is 0.507 e. The minimum Gasteiger partial charge on any atom is -0.507 e. The molecule has 0 unspecified atom stereocenters. The number of hydrogen-bond acceptors (Lipinski definition) is 19. The molecular weight excluding hydrogens is 704 g/mol. The van der Waals surface area contributed by atoms with Crippen molar-refractivity contribution in [3.8, 4) is 45.8 Å². The number of ether oxygens (including phenoxy) is 6. The van der Waals surface area contributed by atoms with Gasteiger partial charge < -0.3 is 94.8 Å². The number of phenolic OH excluding ortho intramolecular Hbond substituents is 5. The van der Waals surface area contributed by atoms with Crippen LogP contribution in [0.2, 0.25) is 0 Å². The highest BCUT2D eigenvalue weighted by Gasteiger charge is 2.51. The van der Waals surface area contributed by atoms with Gasteiger partial charge >= 0.3 is 11.3 Å². The summed E-state index contributed by atoms with van der Waals surface area (Å²) in [5.74, 6) is -4.04. The Morgan fingerprint density at radius 1 is 0.692 bits per heavy atom. The third kappa shape index (κ3) is 7.21. The van der Waals surface area contributed by atoms with Gasteiger partial charge in [-0.3, -0.25) is 0 Å². The molecule has 1 aromatic heterocycles. The van der Waals surface area contributed by atoms with E-state index in [1.807, 2.05) is 0 Å². The van der Waals surface area contributed by atoms with Crippen LogP contribution in [0.25, 0.3) is 22.3 Å². The molecule has 2 aromatic carbocycles. The predicted octanol–water partition coefficient (Wildman–Crippen LogP) is -2.60. The summed E-state index contributed by atoms with van der Waals surface area (Å²) >= 11 is 0. The molecule has 3 aliphatic rings. The predicted molar refractivity (Wildman–Crippen MR) is 167 cm³/mol. The van der Waals surface area contributed by atoms with E-state index in [1.54, 1.807) is 0 Å². The van der Waals surface area contributed by atoms with E-state index in [2.05, 4.69) is 0 Å². The van der Waals surface area contributed by atoms with Crippen LogP contribution in [0.4, 0.5) is 0 Å². The second-order valence-corrected chi connectivity index (χ2v) is 12.7. The molecule has 3 saturated heterocycles. The summed E-state index contributed by atoms with van der Waals surface area (Å²) in [7, 11) is 0. The Bertz CT molecular complexity index is 1720. The van der Waals surface area contributed by atoms with Gasteiger partial charge in [-0.15, -0.1) is 0 Å². The molecule has 20 heteroatoms. The molecule has 52 heavy (non-hydrogen) atoms. The first kappa shape index (κ1) is 37.9. The van der Waals surface area contributed by atoms with Crippen molar-refractivity contribution in [2.75, 3.05) is 13.2 Å². The molecule has 3 aliphatic heterocycles. The van der Waals surface area contributed by atoms with Gasteiger partial charge in [0.1, 0.15) is 71.8 Å². The van der Waals surface area contributed by atoms with E-state index in [0.717, 1.165) is 24.3 Å². The standard InChI is InChI=1S/C32H38O20/c1-9-20(38)24(42)27(45)30(48-9)47-8-19-23(41)25(43)29(52-31-26(44)22(40)16(37)7-46-31)32(51-19)50-18-6-12-13(34)4-11(33)5-17(12)49-28(18)10-2-14(35)21(39)15(36)3-10/h2-6,9,16,19-20,22-27,29-32,37-38,40-45H,7-8H2,1H3,(H4-,33,34,35,36,39)/p+1/t9-,16+,19+,20-,22-,23+,24+,25-,26+,27+,29+,30+,31-,32+/m0/s1. The van der Waals surface area contributed by atoms with E-state index in [4.69, 9.17) is 32.8 Å². The van der Waals surface area contributed by atoms with Crippen LogP contribution in [-0.4, -0.2) is 166 Å². The Morgan fingerprint density at radius 2 is 1.37 bits per heavy atom. The minimum absolute atomic E-state index is 0.0565. The molecule has 6 rings (SSSR count). The first-order chi connectivity index (χ1) is 24.5. The summed E-state index contributed by atoms with van der Waals surface area (Å²) < 4.78 is 40.1. The third-order valence-corrected chi connectivity index (χ3v) is 9.01. The summed E-state index contributed by atoms with van der Waals surface area (Å²) in [6.45, 7) is 0.256. The van der Waals surface area contributed by atoms with E-state index < -0.39 is 128 Å². The monoisotopic (exact) mass is 743 g/mol. The van der Waals surface area contributed by atoms with Gasteiger partial charge in [-0.2, -0.15) is 0 Å². The first-order valence-corrected chi connectivity index (χ1v) is 15.9. The molecule has 3 aromatic rings. The molecule has 13 N–H and O–H groups in total. The fourth-order valence-corrected chi connectivity index (χ4v) is 6.01. The summed E-state index contributed by atoms with van der Waals surface area (Å²) in [4.78, 5) is 0. The fraction of sp³-hybridized carbons (Fsp3) is 0.531. The number of aliphatic hydroxyl groups is 8. The van der Waals surface area contributed by atoms with E-state index in [0.29, 0.717) is 0 Å². The number of aromatic hydroxyl groups is 5. The Balaban J connectivity index is 1.37. The molecule has 0 spiro atoms. The Morgan fingerprint density at radius 3 is 2.06 bits per heavy atom. The highest BCUT2D eigenvalue weighted by Crippen LogP contribution is 2.45. The van der Waals surface area contributed by atoms with Crippen LogP contribution in [0.5, 0.6) is 34.5 Å². The maximum atomic E-state index is 11.4. The molecule has 286 valence electrons. The summed E-state index contributed by atoms with van der Waals surface area (Å²) in [6, 6.07) is 5.23. The first-order valence-electron chi connectivity index (χ1n) is 15.9. The van der Waals surface area contributed by atoms with Crippen molar-refractivity contribution in [1.82, 2.24) is 0 Å². The topological polar surface area (TPSA) is 330 Å². The Hall–Kier alpha value is -3.87. The quantitative estimate of drug-likeness (QED) is 0.0831. The minimum atomic E-state index is -1.97. The summed E-state index contributed by atoms with van der Waals surface area (Å²) in [5, 5.41) is 135. The molecule has 0 saturated carbocycles. The van der Waals surface area contributed by atoms with Crippen molar-refractivity contribution in [3.63, 3.8) is 0 Å². The van der Waals surface area contributed by atoms with Crippen LogP contribution in [0, 0.1) is 0 Å². The number of benzene rings is 2. The highest BCUT2D eigenvalue weighted by atomic mass is 16.8. The SMILES string of the molecule is C[C@@H]1O[C@@H](OC[C@H]2O[C@@H](Oc3cc4c(O)cc(O)cc4[o+]c3-c3cc(O)c(O)c(O)c3)[C@H](O[C@@H]3OC[C@@H](O)[C@H](O)[C@H]3O)[C@@H](O)[C@@H]2O)[C@H](O)[C@H](O)[C@H]1O. The Kier molecular flexibility index (Phi) is 10.8. The summed E-state index contributed by atoms with van der Waals surface area (Å²) in [5.41, 5.74) is -0.271. The van der Waals surface area contributed by atoms with Crippen molar-refractivity contribution in [1.29, 1.82) is 0 Å². The average molecular weight is 744 g/mol. The molecule has 3 fully saturated rings. The average Bonchev–Trinajstić information content (AvgIpc) is 3.10. The number of aliphatic hydroxyl groups excluding tert-OH is 8. The Labute approximate surface area is 292 Å². The van der Waals surface area contributed by atoms with Crippen molar-refractivity contribution in [2.24, 2.45) is 0 Å². The second-order valence-electron chi connectivity index (χ2n) is 12.7. The maximum absolute atomic E-state index is 11.4. The summed E-state index contributed by atoms with van der Waals surface area (Å²) in [6.07, 6.45) is -23.2. The molecular formula is C32H39O20+. The zero-order valence-electron chi connectivity index (χ0n) is 27.1. The third-order valence-electron chi connectivity index (χ3n) is 9.01. The number of hydrogen-bond donors (Lipinski definition) is 13. The van der Waals surface area contributed by atoms with Crippen LogP contribution in [0.1, 0.15) is 6.92 Å². The normalized spacial score (nSPS) is 36.9. The highest BCUT2D eigenvalue weighted by molar-refractivity contribution is 5.88. The van der Waals surface area contributed by atoms with Crippen LogP contribution >= 0.6 is 0 Å². The van der Waals surface area contributed by atoms with Crippen LogP contribution in [0.3, 0.4) is 0 Å². The smallest absolute Gasteiger partial charge is 0.402 e. The fourth-order valence-electron chi connectivity index (χ4n) is 6.01. The van der Waals surface area contributed by atoms with E-state index in [9.17, 15) is 66.4 Å². The van der Waals surface area contributed by atoms with Crippen molar-refractivity contribution >= 4 is 11.0 Å². The van der Waals surface area contributed by atoms with Crippen LogP contribution < -0.4 is 4.74 Å². The molecule has 0 bridgehead atoms. The molecule has 14 atom stereocenters. The molecule has 0 aliphatic carbocycles. The lowest BCUT2D eigenvalue weighted by Crippen LogP contribution is -2.64. The lowest BCUT2D eigenvalue weighted by atomic mass is 9.98. The van der Waals surface area contributed by atoms with Crippen molar-refractivity contribution < 1.29 is 99.2 Å². The zero-order valence-corrected chi connectivity index (χ0v) is 27.1. The van der Waals surface area contributed by atoms with Gasteiger partial charge in [0.05, 0.1) is 30.9 Å². The zero-order chi connectivity index (χ0) is 37.8. The van der Waals surface area contributed by atoms with Crippen LogP contribution in [-0.2, 0) is 23.7 Å². The van der Waals surface area contributed by atoms with Gasteiger partial charge in [-0.1, -0.05) is 0 Å².